The Bertz CT molecular complexity index is 286. The second-order valence-electron chi connectivity index (χ2n) is 2.44. The number of benzene rings is 1. The standard InChI is InChI=1S/C8H8N2O2/c11-8-9-10(6-12-8)7-4-2-1-3-5-7/h1-5H,6H2,(H,9,11). The number of amides is 1. The highest BCUT2D eigenvalue weighted by Gasteiger charge is 2.18. The first-order valence-corrected chi connectivity index (χ1v) is 3.62. The summed E-state index contributed by atoms with van der Waals surface area (Å²) in [5, 5.41) is 1.64. The van der Waals surface area contributed by atoms with Crippen LogP contribution in [0.5, 0.6) is 0 Å². The fourth-order valence-corrected chi connectivity index (χ4v) is 1.04. The maximum atomic E-state index is 10.7. The molecule has 1 aromatic carbocycles. The van der Waals surface area contributed by atoms with Gasteiger partial charge in [0.1, 0.15) is 0 Å². The maximum Gasteiger partial charge on any atom is 0.428 e. The van der Waals surface area contributed by atoms with E-state index in [0.29, 0.717) is 0 Å². The number of carbonyl (C=O) groups is 1. The van der Waals surface area contributed by atoms with Crippen molar-refractivity contribution < 1.29 is 9.53 Å². The van der Waals surface area contributed by atoms with Crippen molar-refractivity contribution in [3.8, 4) is 0 Å². The lowest BCUT2D eigenvalue weighted by atomic mass is 10.3. The molecule has 1 saturated heterocycles. The molecule has 0 aliphatic carbocycles. The second-order valence-corrected chi connectivity index (χ2v) is 2.44. The Hall–Kier alpha value is -1.71. The Morgan fingerprint density at radius 2 is 2.08 bits per heavy atom. The number of anilines is 1. The third-order valence-electron chi connectivity index (χ3n) is 1.62. The molecule has 0 aromatic heterocycles. The summed E-state index contributed by atoms with van der Waals surface area (Å²) in [4.78, 5) is 10.7. The normalized spacial score (nSPS) is 15.7. The van der Waals surface area contributed by atoms with Gasteiger partial charge in [0.25, 0.3) is 0 Å². The average molecular weight is 164 g/mol. The quantitative estimate of drug-likeness (QED) is 0.675. The van der Waals surface area contributed by atoms with Gasteiger partial charge in [-0.05, 0) is 12.1 Å². The van der Waals surface area contributed by atoms with Crippen molar-refractivity contribution in [2.24, 2.45) is 0 Å². The van der Waals surface area contributed by atoms with Crippen molar-refractivity contribution >= 4 is 11.8 Å². The summed E-state index contributed by atoms with van der Waals surface area (Å²) in [5.74, 6) is 0. The third kappa shape index (κ3) is 1.18. The molecule has 0 radical (unpaired) electrons. The van der Waals surface area contributed by atoms with Crippen molar-refractivity contribution in [1.29, 1.82) is 0 Å². The summed E-state index contributed by atoms with van der Waals surface area (Å²) < 4.78 is 4.70. The van der Waals surface area contributed by atoms with Crippen LogP contribution in [0.2, 0.25) is 0 Å². The molecular formula is C8H8N2O2. The van der Waals surface area contributed by atoms with Crippen LogP contribution in [-0.2, 0) is 4.74 Å². The molecule has 4 heteroatoms. The van der Waals surface area contributed by atoms with E-state index in [2.05, 4.69) is 5.43 Å². The van der Waals surface area contributed by atoms with E-state index < -0.39 is 6.09 Å². The number of hydrogen-bond donors (Lipinski definition) is 1. The van der Waals surface area contributed by atoms with E-state index in [4.69, 9.17) is 4.74 Å². The summed E-state index contributed by atoms with van der Waals surface area (Å²) in [6, 6.07) is 9.52. The average Bonchev–Trinajstić information content (AvgIpc) is 2.54. The minimum absolute atomic E-state index is 0.267. The van der Waals surface area contributed by atoms with Crippen LogP contribution in [0.1, 0.15) is 0 Å². The highest BCUT2D eigenvalue weighted by molar-refractivity contribution is 5.72. The second kappa shape index (κ2) is 2.73. The van der Waals surface area contributed by atoms with Gasteiger partial charge in [-0.15, -0.1) is 0 Å². The van der Waals surface area contributed by atoms with Crippen LogP contribution in [0.15, 0.2) is 30.3 Å². The minimum atomic E-state index is -0.404. The van der Waals surface area contributed by atoms with E-state index in [0.717, 1.165) is 5.69 Å². The number of rotatable bonds is 1. The van der Waals surface area contributed by atoms with Crippen molar-refractivity contribution in [2.45, 2.75) is 0 Å². The molecule has 1 aliphatic rings. The number of ether oxygens (including phenoxy) is 1. The van der Waals surface area contributed by atoms with Crippen LogP contribution in [0, 0.1) is 0 Å². The Balaban J connectivity index is 2.16. The summed E-state index contributed by atoms with van der Waals surface area (Å²) in [5.41, 5.74) is 3.46. The first kappa shape index (κ1) is 6.97. The van der Waals surface area contributed by atoms with Crippen molar-refractivity contribution in [1.82, 2.24) is 5.43 Å². The van der Waals surface area contributed by atoms with Crippen molar-refractivity contribution in [3.05, 3.63) is 30.3 Å². The maximum absolute atomic E-state index is 10.7. The largest absolute Gasteiger partial charge is 0.428 e. The highest BCUT2D eigenvalue weighted by atomic mass is 16.6. The van der Waals surface area contributed by atoms with Gasteiger partial charge >= 0.3 is 6.09 Å². The first-order chi connectivity index (χ1) is 5.86. The molecule has 1 aromatic rings. The lowest BCUT2D eigenvalue weighted by Crippen LogP contribution is -2.32. The van der Waals surface area contributed by atoms with E-state index in [1.165, 1.54) is 0 Å². The van der Waals surface area contributed by atoms with Gasteiger partial charge < -0.3 is 4.74 Å². The zero-order valence-electron chi connectivity index (χ0n) is 6.36. The first-order valence-electron chi connectivity index (χ1n) is 3.62. The Kier molecular flexibility index (Phi) is 1.59. The summed E-state index contributed by atoms with van der Waals surface area (Å²) in [7, 11) is 0. The summed E-state index contributed by atoms with van der Waals surface area (Å²) in [6.45, 7) is 0.267. The number of para-hydroxylation sites is 1. The molecule has 0 bridgehead atoms. The third-order valence-corrected chi connectivity index (χ3v) is 1.62. The zero-order valence-corrected chi connectivity index (χ0v) is 6.36. The molecule has 0 atom stereocenters. The molecule has 1 fully saturated rings. The molecule has 0 unspecified atom stereocenters. The molecule has 1 heterocycles. The Morgan fingerprint density at radius 1 is 1.33 bits per heavy atom. The van der Waals surface area contributed by atoms with E-state index >= 15 is 0 Å². The number of hydrazine groups is 1. The van der Waals surface area contributed by atoms with E-state index in [1.54, 1.807) is 5.01 Å². The molecular weight excluding hydrogens is 156 g/mol. The van der Waals surface area contributed by atoms with Crippen LogP contribution in [0.4, 0.5) is 10.5 Å². The lowest BCUT2D eigenvalue weighted by molar-refractivity contribution is 0.178. The number of hydrogen-bond acceptors (Lipinski definition) is 3. The Labute approximate surface area is 69.7 Å². The minimum Gasteiger partial charge on any atom is -0.425 e. The smallest absolute Gasteiger partial charge is 0.425 e. The Morgan fingerprint density at radius 3 is 2.67 bits per heavy atom. The molecule has 0 saturated carbocycles. The number of nitrogens with zero attached hydrogens (tertiary/aromatic N) is 1. The molecule has 1 N–H and O–H groups in total. The van der Waals surface area contributed by atoms with Gasteiger partial charge in [-0.1, -0.05) is 18.2 Å². The molecule has 4 nitrogen and oxygen atoms in total. The summed E-state index contributed by atoms with van der Waals surface area (Å²) >= 11 is 0. The number of nitrogens with one attached hydrogen (secondary N) is 1. The van der Waals surface area contributed by atoms with Gasteiger partial charge in [0.05, 0.1) is 5.69 Å². The topological polar surface area (TPSA) is 41.6 Å². The molecule has 2 rings (SSSR count). The monoisotopic (exact) mass is 164 g/mol. The van der Waals surface area contributed by atoms with Gasteiger partial charge in [-0.3, -0.25) is 0 Å². The fourth-order valence-electron chi connectivity index (χ4n) is 1.04. The van der Waals surface area contributed by atoms with Gasteiger partial charge in [0, 0.05) is 0 Å². The predicted molar refractivity (Wildman–Crippen MR) is 43.4 cm³/mol. The molecule has 62 valence electrons. The molecule has 1 amide bonds. The van der Waals surface area contributed by atoms with Crippen LogP contribution in [0.25, 0.3) is 0 Å². The van der Waals surface area contributed by atoms with E-state index in [9.17, 15) is 4.79 Å². The summed E-state index contributed by atoms with van der Waals surface area (Å²) in [6.07, 6.45) is -0.404. The predicted octanol–water partition coefficient (Wildman–Crippen LogP) is 1.11. The van der Waals surface area contributed by atoms with Gasteiger partial charge in [-0.2, -0.15) is 0 Å². The van der Waals surface area contributed by atoms with E-state index in [-0.39, 0.29) is 6.73 Å². The molecule has 12 heavy (non-hydrogen) atoms. The van der Waals surface area contributed by atoms with Gasteiger partial charge in [0.15, 0.2) is 6.73 Å². The fraction of sp³-hybridized carbons (Fsp3) is 0.125. The lowest BCUT2D eigenvalue weighted by Gasteiger charge is -2.12. The number of cyclic esters (lactones) is 1. The van der Waals surface area contributed by atoms with Gasteiger partial charge in [-0.25, -0.2) is 15.2 Å². The van der Waals surface area contributed by atoms with Crippen LogP contribution in [0.3, 0.4) is 0 Å². The SMILES string of the molecule is O=C1NN(c2ccccc2)CO1. The van der Waals surface area contributed by atoms with Gasteiger partial charge in [0.2, 0.25) is 0 Å². The highest BCUT2D eigenvalue weighted by Crippen LogP contribution is 2.13. The van der Waals surface area contributed by atoms with Crippen molar-refractivity contribution in [2.75, 3.05) is 11.7 Å². The number of carbonyl (C=O) groups excluding carboxylic acids is 1. The molecule has 1 aliphatic heterocycles. The van der Waals surface area contributed by atoms with Crippen LogP contribution < -0.4 is 10.4 Å². The van der Waals surface area contributed by atoms with Crippen LogP contribution >= 0.6 is 0 Å². The zero-order chi connectivity index (χ0) is 8.39. The molecule has 0 spiro atoms. The van der Waals surface area contributed by atoms with Crippen LogP contribution in [-0.4, -0.2) is 12.8 Å². The van der Waals surface area contributed by atoms with E-state index in [1.807, 2.05) is 30.3 Å². The van der Waals surface area contributed by atoms with Crippen molar-refractivity contribution in [3.63, 3.8) is 0 Å².